The van der Waals surface area contributed by atoms with Crippen molar-refractivity contribution in [3.05, 3.63) is 29.8 Å². The van der Waals surface area contributed by atoms with Gasteiger partial charge in [-0.15, -0.1) is 0 Å². The highest BCUT2D eigenvalue weighted by atomic mass is 16.5. The van der Waals surface area contributed by atoms with Crippen LogP contribution in [0.5, 0.6) is 5.75 Å². The van der Waals surface area contributed by atoms with E-state index in [0.717, 1.165) is 24.2 Å². The van der Waals surface area contributed by atoms with Crippen LogP contribution >= 0.6 is 0 Å². The third-order valence-electron chi connectivity index (χ3n) is 3.57. The number of nitriles is 1. The highest BCUT2D eigenvalue weighted by molar-refractivity contribution is 5.32. The van der Waals surface area contributed by atoms with E-state index in [9.17, 15) is 5.26 Å². The molecule has 1 fully saturated rings. The Hall–Kier alpha value is -1.53. The van der Waals surface area contributed by atoms with Crippen molar-refractivity contribution in [2.75, 3.05) is 6.61 Å². The zero-order chi connectivity index (χ0) is 13.9. The van der Waals surface area contributed by atoms with Crippen LogP contribution in [0.25, 0.3) is 0 Å². The Labute approximate surface area is 115 Å². The standard InChI is InChI=1S/C16H22N2O/c1-12(2)18-16(10-17,14-8-9-14)11-19-15-7-5-4-6-13(15)3/h4-7,12,14,18H,8-9,11H2,1-3H3. The quantitative estimate of drug-likeness (QED) is 0.853. The third kappa shape index (κ3) is 3.27. The molecular weight excluding hydrogens is 236 g/mol. The van der Waals surface area contributed by atoms with Crippen LogP contribution in [0.15, 0.2) is 24.3 Å². The Morgan fingerprint density at radius 3 is 2.63 bits per heavy atom. The normalized spacial score (nSPS) is 17.8. The minimum atomic E-state index is -0.545. The van der Waals surface area contributed by atoms with Gasteiger partial charge in [0.15, 0.2) is 0 Å². The molecule has 1 aromatic carbocycles. The smallest absolute Gasteiger partial charge is 0.144 e. The topological polar surface area (TPSA) is 45.0 Å². The first kappa shape index (κ1) is 13.9. The lowest BCUT2D eigenvalue weighted by Gasteiger charge is -2.30. The molecule has 3 heteroatoms. The zero-order valence-corrected chi connectivity index (χ0v) is 11.9. The maximum absolute atomic E-state index is 9.59. The summed E-state index contributed by atoms with van der Waals surface area (Å²) in [6.07, 6.45) is 2.23. The summed E-state index contributed by atoms with van der Waals surface area (Å²) in [6, 6.07) is 10.7. The van der Waals surface area contributed by atoms with Gasteiger partial charge in [0.1, 0.15) is 17.9 Å². The molecule has 0 saturated heterocycles. The van der Waals surface area contributed by atoms with Crippen molar-refractivity contribution in [2.24, 2.45) is 5.92 Å². The number of para-hydroxylation sites is 1. The van der Waals surface area contributed by atoms with Crippen molar-refractivity contribution in [1.29, 1.82) is 5.26 Å². The number of nitrogens with zero attached hydrogens (tertiary/aromatic N) is 1. The molecule has 1 atom stereocenters. The molecule has 1 aliphatic carbocycles. The molecule has 0 heterocycles. The van der Waals surface area contributed by atoms with Gasteiger partial charge in [0.05, 0.1) is 6.07 Å². The van der Waals surface area contributed by atoms with Crippen molar-refractivity contribution < 1.29 is 4.74 Å². The second-order valence-electron chi connectivity index (χ2n) is 5.71. The molecule has 0 aromatic heterocycles. The van der Waals surface area contributed by atoms with Crippen LogP contribution in [-0.4, -0.2) is 18.2 Å². The van der Waals surface area contributed by atoms with Gasteiger partial charge in [-0.2, -0.15) is 5.26 Å². The Morgan fingerprint density at radius 1 is 1.42 bits per heavy atom. The average Bonchev–Trinajstić information content (AvgIpc) is 3.20. The first-order chi connectivity index (χ1) is 9.07. The van der Waals surface area contributed by atoms with E-state index in [0.29, 0.717) is 12.5 Å². The van der Waals surface area contributed by atoms with Crippen LogP contribution in [0.2, 0.25) is 0 Å². The fourth-order valence-electron chi connectivity index (χ4n) is 2.43. The first-order valence-corrected chi connectivity index (χ1v) is 6.95. The number of benzene rings is 1. The summed E-state index contributed by atoms with van der Waals surface area (Å²) in [5, 5.41) is 13.0. The minimum absolute atomic E-state index is 0.278. The Bertz CT molecular complexity index is 474. The second-order valence-corrected chi connectivity index (χ2v) is 5.71. The van der Waals surface area contributed by atoms with Crippen molar-refractivity contribution in [1.82, 2.24) is 5.32 Å². The predicted octanol–water partition coefficient (Wildman–Crippen LogP) is 3.04. The lowest BCUT2D eigenvalue weighted by Crippen LogP contribution is -2.53. The van der Waals surface area contributed by atoms with Gasteiger partial charge in [0.25, 0.3) is 0 Å². The van der Waals surface area contributed by atoms with Crippen molar-refractivity contribution in [3.8, 4) is 11.8 Å². The summed E-state index contributed by atoms with van der Waals surface area (Å²) in [5.74, 6) is 1.29. The van der Waals surface area contributed by atoms with E-state index >= 15 is 0 Å². The number of hydrogen-bond acceptors (Lipinski definition) is 3. The average molecular weight is 258 g/mol. The Morgan fingerprint density at radius 2 is 2.11 bits per heavy atom. The zero-order valence-electron chi connectivity index (χ0n) is 11.9. The monoisotopic (exact) mass is 258 g/mol. The van der Waals surface area contributed by atoms with Gasteiger partial charge in [0.2, 0.25) is 0 Å². The van der Waals surface area contributed by atoms with Crippen LogP contribution in [-0.2, 0) is 0 Å². The molecule has 0 amide bonds. The summed E-state index contributed by atoms with van der Waals surface area (Å²) < 4.78 is 5.91. The van der Waals surface area contributed by atoms with E-state index in [4.69, 9.17) is 4.74 Å². The van der Waals surface area contributed by atoms with Gasteiger partial charge in [-0.05, 0) is 51.2 Å². The van der Waals surface area contributed by atoms with Gasteiger partial charge in [-0.3, -0.25) is 5.32 Å². The molecule has 0 aliphatic heterocycles. The molecule has 102 valence electrons. The lowest BCUT2D eigenvalue weighted by molar-refractivity contribution is 0.192. The molecule has 3 nitrogen and oxygen atoms in total. The van der Waals surface area contributed by atoms with Crippen LogP contribution in [0.4, 0.5) is 0 Å². The van der Waals surface area contributed by atoms with Crippen LogP contribution in [0.1, 0.15) is 32.3 Å². The molecule has 1 N–H and O–H groups in total. The SMILES string of the molecule is Cc1ccccc1OCC(C#N)(NC(C)C)C1CC1. The third-order valence-corrected chi connectivity index (χ3v) is 3.57. The molecule has 2 rings (SSSR count). The maximum atomic E-state index is 9.59. The van der Waals surface area contributed by atoms with E-state index < -0.39 is 5.54 Å². The Balaban J connectivity index is 2.09. The van der Waals surface area contributed by atoms with Crippen molar-refractivity contribution in [3.63, 3.8) is 0 Å². The van der Waals surface area contributed by atoms with Gasteiger partial charge >= 0.3 is 0 Å². The second kappa shape index (κ2) is 5.63. The molecular formula is C16H22N2O. The number of ether oxygens (including phenoxy) is 1. The van der Waals surface area contributed by atoms with Gasteiger partial charge < -0.3 is 4.74 Å². The van der Waals surface area contributed by atoms with Gasteiger partial charge in [-0.1, -0.05) is 18.2 Å². The minimum Gasteiger partial charge on any atom is -0.490 e. The summed E-state index contributed by atoms with van der Waals surface area (Å²) >= 11 is 0. The van der Waals surface area contributed by atoms with E-state index in [1.54, 1.807) is 0 Å². The molecule has 1 unspecified atom stereocenters. The predicted molar refractivity (Wildman–Crippen MR) is 76.0 cm³/mol. The number of rotatable bonds is 6. The number of aryl methyl sites for hydroxylation is 1. The van der Waals surface area contributed by atoms with E-state index in [2.05, 4.69) is 25.2 Å². The molecule has 1 aromatic rings. The molecule has 0 spiro atoms. The highest BCUT2D eigenvalue weighted by Crippen LogP contribution is 2.40. The summed E-state index contributed by atoms with van der Waals surface area (Å²) in [6.45, 7) is 6.58. The van der Waals surface area contributed by atoms with Crippen molar-refractivity contribution in [2.45, 2.75) is 45.2 Å². The van der Waals surface area contributed by atoms with Crippen LogP contribution in [0.3, 0.4) is 0 Å². The van der Waals surface area contributed by atoms with Crippen LogP contribution in [0, 0.1) is 24.2 Å². The molecule has 1 saturated carbocycles. The molecule has 19 heavy (non-hydrogen) atoms. The van der Waals surface area contributed by atoms with Crippen LogP contribution < -0.4 is 10.1 Å². The summed E-state index contributed by atoms with van der Waals surface area (Å²) in [7, 11) is 0. The first-order valence-electron chi connectivity index (χ1n) is 6.95. The number of nitrogens with one attached hydrogen (secondary N) is 1. The highest BCUT2D eigenvalue weighted by Gasteiger charge is 2.46. The summed E-state index contributed by atoms with van der Waals surface area (Å²) in [5.41, 5.74) is 0.561. The van der Waals surface area contributed by atoms with E-state index in [1.807, 2.05) is 31.2 Å². The van der Waals surface area contributed by atoms with E-state index in [-0.39, 0.29) is 6.04 Å². The lowest BCUT2D eigenvalue weighted by atomic mass is 9.95. The van der Waals surface area contributed by atoms with E-state index in [1.165, 1.54) is 0 Å². The summed E-state index contributed by atoms with van der Waals surface area (Å²) in [4.78, 5) is 0. The molecule has 0 radical (unpaired) electrons. The molecule has 0 bridgehead atoms. The molecule has 1 aliphatic rings. The largest absolute Gasteiger partial charge is 0.490 e. The van der Waals surface area contributed by atoms with Gasteiger partial charge in [0, 0.05) is 6.04 Å². The van der Waals surface area contributed by atoms with Gasteiger partial charge in [-0.25, -0.2) is 0 Å². The fraction of sp³-hybridized carbons (Fsp3) is 0.562. The fourth-order valence-corrected chi connectivity index (χ4v) is 2.43. The maximum Gasteiger partial charge on any atom is 0.144 e. The van der Waals surface area contributed by atoms with Crippen molar-refractivity contribution >= 4 is 0 Å². The number of hydrogen-bond donors (Lipinski definition) is 1. The Kier molecular flexibility index (Phi) is 4.11.